The van der Waals surface area contributed by atoms with Gasteiger partial charge in [-0.3, -0.25) is 4.79 Å². The molecule has 7 nitrogen and oxygen atoms in total. The molecule has 1 aromatic rings. The number of nitrogens with zero attached hydrogens (tertiary/aromatic N) is 1. The minimum atomic E-state index is -4.24. The van der Waals surface area contributed by atoms with Crippen molar-refractivity contribution in [3.8, 4) is 5.75 Å². The number of sulfonamides is 1. The minimum Gasteiger partial charge on any atom is -0.497 e. The van der Waals surface area contributed by atoms with Crippen molar-refractivity contribution in [2.75, 3.05) is 7.11 Å². The second-order valence-corrected chi connectivity index (χ2v) is 8.09. The van der Waals surface area contributed by atoms with Gasteiger partial charge in [0, 0.05) is 0 Å². The van der Waals surface area contributed by atoms with Crippen LogP contribution in [0.3, 0.4) is 0 Å². The van der Waals surface area contributed by atoms with E-state index in [0.717, 1.165) is 19.3 Å². The highest BCUT2D eigenvalue weighted by Gasteiger charge is 2.58. The number of methoxy groups -OCH3 is 1. The molecule has 2 atom stereocenters. The highest BCUT2D eigenvalue weighted by Crippen LogP contribution is 2.39. The molecule has 0 radical (unpaired) electrons. The molecule has 1 heterocycles. The number of benzene rings is 1. The van der Waals surface area contributed by atoms with Crippen LogP contribution in [0.2, 0.25) is 0 Å². The van der Waals surface area contributed by atoms with Crippen LogP contribution in [0.15, 0.2) is 29.2 Å². The standard InChI is InChI=1S/C16H20N2O5S/c1-11-5-3-4-10-16(11)14(19)18(15(20)17-16)24(21,22)13-8-6-12(23-2)7-9-13/h6-9,11H,3-5,10H2,1-2H3,(H,17,20). The fourth-order valence-electron chi connectivity index (χ4n) is 3.49. The molecule has 1 N–H and O–H groups in total. The lowest BCUT2D eigenvalue weighted by Crippen LogP contribution is -2.54. The summed E-state index contributed by atoms with van der Waals surface area (Å²) in [5.41, 5.74) is -1.10. The summed E-state index contributed by atoms with van der Waals surface area (Å²) in [4.78, 5) is 25.1. The summed E-state index contributed by atoms with van der Waals surface area (Å²) in [6.45, 7) is 1.88. The lowest BCUT2D eigenvalue weighted by Gasteiger charge is -2.36. The van der Waals surface area contributed by atoms with Gasteiger partial charge in [0.15, 0.2) is 0 Å². The Labute approximate surface area is 141 Å². The Morgan fingerprint density at radius 3 is 2.46 bits per heavy atom. The van der Waals surface area contributed by atoms with Crippen molar-refractivity contribution in [3.63, 3.8) is 0 Å². The number of rotatable bonds is 3. The first kappa shape index (κ1) is 16.8. The first-order chi connectivity index (χ1) is 11.3. The normalized spacial score (nSPS) is 27.4. The van der Waals surface area contributed by atoms with Gasteiger partial charge in [0.25, 0.3) is 15.9 Å². The van der Waals surface area contributed by atoms with E-state index in [1.165, 1.54) is 31.4 Å². The van der Waals surface area contributed by atoms with Crippen LogP contribution in [0.1, 0.15) is 32.6 Å². The summed E-state index contributed by atoms with van der Waals surface area (Å²) in [5.74, 6) is -0.280. The molecule has 1 aromatic carbocycles. The smallest absolute Gasteiger partial charge is 0.339 e. The van der Waals surface area contributed by atoms with Gasteiger partial charge in [-0.25, -0.2) is 13.2 Å². The van der Waals surface area contributed by atoms with Crippen LogP contribution >= 0.6 is 0 Å². The Morgan fingerprint density at radius 1 is 1.21 bits per heavy atom. The van der Waals surface area contributed by atoms with Crippen LogP contribution in [0, 0.1) is 5.92 Å². The quantitative estimate of drug-likeness (QED) is 0.839. The second-order valence-electron chi connectivity index (χ2n) is 6.30. The highest BCUT2D eigenvalue weighted by molar-refractivity contribution is 7.90. The molecule has 1 aliphatic heterocycles. The Balaban J connectivity index is 1.98. The molecule has 3 rings (SSSR count). The average Bonchev–Trinajstić information content (AvgIpc) is 2.82. The van der Waals surface area contributed by atoms with Crippen LogP contribution in [0.25, 0.3) is 0 Å². The lowest BCUT2D eigenvalue weighted by molar-refractivity contribution is -0.130. The maximum Gasteiger partial charge on any atom is 0.339 e. The number of amides is 3. The van der Waals surface area contributed by atoms with Gasteiger partial charge < -0.3 is 10.1 Å². The Bertz CT molecular complexity index is 774. The Hall–Kier alpha value is -2.09. The zero-order chi connectivity index (χ0) is 17.5. The van der Waals surface area contributed by atoms with E-state index in [4.69, 9.17) is 4.74 Å². The van der Waals surface area contributed by atoms with Gasteiger partial charge in [-0.1, -0.05) is 19.8 Å². The van der Waals surface area contributed by atoms with E-state index in [-0.39, 0.29) is 10.8 Å². The van der Waals surface area contributed by atoms with E-state index in [9.17, 15) is 18.0 Å². The molecule has 1 spiro atoms. The molecule has 130 valence electrons. The number of ether oxygens (including phenoxy) is 1. The molecular weight excluding hydrogens is 332 g/mol. The summed E-state index contributed by atoms with van der Waals surface area (Å²) in [5, 5.41) is 2.65. The molecule has 1 saturated carbocycles. The van der Waals surface area contributed by atoms with E-state index >= 15 is 0 Å². The van der Waals surface area contributed by atoms with E-state index in [1.807, 2.05) is 6.92 Å². The van der Waals surface area contributed by atoms with Gasteiger partial charge in [0.2, 0.25) is 0 Å². The lowest BCUT2D eigenvalue weighted by atomic mass is 9.74. The molecule has 1 saturated heterocycles. The van der Waals surface area contributed by atoms with Crippen molar-refractivity contribution in [2.24, 2.45) is 5.92 Å². The number of hydrogen-bond donors (Lipinski definition) is 1. The predicted molar refractivity (Wildman–Crippen MR) is 85.9 cm³/mol. The summed E-state index contributed by atoms with van der Waals surface area (Å²) >= 11 is 0. The Kier molecular flexibility index (Phi) is 4.03. The molecule has 1 aliphatic carbocycles. The van der Waals surface area contributed by atoms with Gasteiger partial charge >= 0.3 is 6.03 Å². The van der Waals surface area contributed by atoms with Gasteiger partial charge in [-0.2, -0.15) is 0 Å². The second kappa shape index (κ2) is 5.77. The molecule has 24 heavy (non-hydrogen) atoms. The van der Waals surface area contributed by atoms with E-state index in [0.29, 0.717) is 16.5 Å². The van der Waals surface area contributed by atoms with Gasteiger partial charge in [0.05, 0.1) is 12.0 Å². The number of hydrogen-bond acceptors (Lipinski definition) is 5. The van der Waals surface area contributed by atoms with Crippen LogP contribution in [-0.4, -0.2) is 37.3 Å². The first-order valence-electron chi connectivity index (χ1n) is 7.89. The first-order valence-corrected chi connectivity index (χ1v) is 9.33. The van der Waals surface area contributed by atoms with Crippen LogP contribution in [-0.2, 0) is 14.8 Å². The fourth-order valence-corrected chi connectivity index (χ4v) is 4.83. The molecule has 0 bridgehead atoms. The largest absolute Gasteiger partial charge is 0.497 e. The highest BCUT2D eigenvalue weighted by atomic mass is 32.2. The third-order valence-corrected chi connectivity index (χ3v) is 6.66. The number of urea groups is 1. The number of imide groups is 1. The molecule has 8 heteroatoms. The van der Waals surface area contributed by atoms with E-state index < -0.39 is 27.5 Å². The minimum absolute atomic E-state index is 0.0984. The van der Waals surface area contributed by atoms with E-state index in [2.05, 4.69) is 5.32 Å². The van der Waals surface area contributed by atoms with Crippen molar-refractivity contribution < 1.29 is 22.7 Å². The van der Waals surface area contributed by atoms with Gasteiger partial charge in [0.1, 0.15) is 11.3 Å². The molecule has 2 fully saturated rings. The molecular formula is C16H20N2O5S. The fraction of sp³-hybridized carbons (Fsp3) is 0.500. The zero-order valence-electron chi connectivity index (χ0n) is 13.6. The van der Waals surface area contributed by atoms with Crippen LogP contribution in [0.4, 0.5) is 4.79 Å². The molecule has 2 unspecified atom stereocenters. The maximum atomic E-state index is 12.9. The molecule has 0 aromatic heterocycles. The summed E-state index contributed by atoms with van der Waals surface area (Å²) in [6.07, 6.45) is 3.00. The maximum absolute atomic E-state index is 12.9. The zero-order valence-corrected chi connectivity index (χ0v) is 14.4. The van der Waals surface area contributed by atoms with Crippen LogP contribution < -0.4 is 10.1 Å². The van der Waals surface area contributed by atoms with E-state index in [1.54, 1.807) is 0 Å². The van der Waals surface area contributed by atoms with Gasteiger partial charge in [-0.15, -0.1) is 4.31 Å². The Morgan fingerprint density at radius 2 is 1.88 bits per heavy atom. The number of carbonyl (C=O) groups is 2. The molecule has 3 amide bonds. The van der Waals surface area contributed by atoms with Crippen LogP contribution in [0.5, 0.6) is 5.75 Å². The van der Waals surface area contributed by atoms with Gasteiger partial charge in [-0.05, 0) is 43.0 Å². The van der Waals surface area contributed by atoms with Crippen molar-refractivity contribution in [3.05, 3.63) is 24.3 Å². The van der Waals surface area contributed by atoms with Crippen molar-refractivity contribution in [1.29, 1.82) is 0 Å². The summed E-state index contributed by atoms with van der Waals surface area (Å²) < 4.78 is 31.0. The SMILES string of the molecule is COc1ccc(S(=O)(=O)N2C(=O)NC3(CCCCC3C)C2=O)cc1. The molecule has 2 aliphatic rings. The summed E-state index contributed by atoms with van der Waals surface area (Å²) in [6, 6.07) is 4.73. The topological polar surface area (TPSA) is 92.8 Å². The third kappa shape index (κ3) is 2.36. The van der Waals surface area contributed by atoms with Crippen molar-refractivity contribution >= 4 is 22.0 Å². The number of carbonyl (C=O) groups excluding carboxylic acids is 2. The third-order valence-electron chi connectivity index (χ3n) is 4.98. The average molecular weight is 352 g/mol. The van der Waals surface area contributed by atoms with Crippen molar-refractivity contribution in [2.45, 2.75) is 43.0 Å². The predicted octanol–water partition coefficient (Wildman–Crippen LogP) is 1.88. The summed E-state index contributed by atoms with van der Waals surface area (Å²) in [7, 11) is -2.78. The monoisotopic (exact) mass is 352 g/mol. The number of nitrogens with one attached hydrogen (secondary N) is 1. The van der Waals surface area contributed by atoms with Crippen molar-refractivity contribution in [1.82, 2.24) is 9.62 Å².